The van der Waals surface area contributed by atoms with Gasteiger partial charge in [0.2, 0.25) is 0 Å². The summed E-state index contributed by atoms with van der Waals surface area (Å²) in [5, 5.41) is 3.28. The molecule has 1 aliphatic rings. The molecule has 0 saturated carbocycles. The average molecular weight is 285 g/mol. The number of benzene rings is 2. The van der Waals surface area contributed by atoms with E-state index in [0.717, 1.165) is 30.6 Å². The van der Waals surface area contributed by atoms with Crippen LogP contribution in [0, 0.1) is 5.82 Å². The van der Waals surface area contributed by atoms with Gasteiger partial charge < -0.3 is 10.1 Å². The Bertz CT molecular complexity index is 697. The summed E-state index contributed by atoms with van der Waals surface area (Å²) in [6.07, 6.45) is 0.800. The average Bonchev–Trinajstić information content (AvgIpc) is 2.53. The fourth-order valence-electron chi connectivity index (χ4n) is 2.75. The number of rotatable bonds is 3. The van der Waals surface area contributed by atoms with E-state index in [1.54, 1.807) is 6.07 Å². The van der Waals surface area contributed by atoms with Crippen molar-refractivity contribution in [2.45, 2.75) is 13.0 Å². The predicted molar refractivity (Wildman–Crippen MR) is 78.2 cm³/mol. The standard InChI is InChI=1S/C17H16FNO2/c1-21-16-6-5-12(18)9-15(16)17(20)14-4-2-3-11-10-19-8-7-13(11)14/h2-6,9,19H,7-8,10H2,1H3. The summed E-state index contributed by atoms with van der Waals surface area (Å²) in [5.41, 5.74) is 3.08. The van der Waals surface area contributed by atoms with E-state index in [2.05, 4.69) is 5.32 Å². The highest BCUT2D eigenvalue weighted by atomic mass is 19.1. The highest BCUT2D eigenvalue weighted by Gasteiger charge is 2.21. The molecule has 0 bridgehead atoms. The molecule has 0 spiro atoms. The third-order valence-electron chi connectivity index (χ3n) is 3.79. The number of carbonyl (C=O) groups excluding carboxylic acids is 1. The first-order valence-electron chi connectivity index (χ1n) is 6.90. The van der Waals surface area contributed by atoms with Crippen molar-refractivity contribution >= 4 is 5.78 Å². The highest BCUT2D eigenvalue weighted by Crippen LogP contribution is 2.26. The first-order chi connectivity index (χ1) is 10.2. The molecule has 2 aromatic carbocycles. The zero-order chi connectivity index (χ0) is 14.8. The Hall–Kier alpha value is -2.20. The molecule has 0 aromatic heterocycles. The fraction of sp³-hybridized carbons (Fsp3) is 0.235. The van der Waals surface area contributed by atoms with Crippen molar-refractivity contribution < 1.29 is 13.9 Å². The highest BCUT2D eigenvalue weighted by molar-refractivity contribution is 6.11. The van der Waals surface area contributed by atoms with Gasteiger partial charge in [0, 0.05) is 12.1 Å². The van der Waals surface area contributed by atoms with Crippen LogP contribution in [0.3, 0.4) is 0 Å². The molecule has 1 N–H and O–H groups in total. The van der Waals surface area contributed by atoms with Crippen molar-refractivity contribution in [1.82, 2.24) is 5.32 Å². The van der Waals surface area contributed by atoms with Crippen molar-refractivity contribution in [2.24, 2.45) is 0 Å². The van der Waals surface area contributed by atoms with E-state index in [4.69, 9.17) is 4.74 Å². The smallest absolute Gasteiger partial charge is 0.197 e. The molecule has 0 unspecified atom stereocenters. The van der Waals surface area contributed by atoms with Gasteiger partial charge in [-0.3, -0.25) is 4.79 Å². The van der Waals surface area contributed by atoms with Crippen molar-refractivity contribution in [1.29, 1.82) is 0 Å². The van der Waals surface area contributed by atoms with Gasteiger partial charge in [0.15, 0.2) is 5.78 Å². The van der Waals surface area contributed by atoms with Crippen LogP contribution in [-0.2, 0) is 13.0 Å². The zero-order valence-electron chi connectivity index (χ0n) is 11.8. The Morgan fingerprint density at radius 3 is 2.90 bits per heavy atom. The van der Waals surface area contributed by atoms with Crippen LogP contribution >= 0.6 is 0 Å². The number of halogens is 1. The molecule has 21 heavy (non-hydrogen) atoms. The Balaban J connectivity index is 2.09. The van der Waals surface area contributed by atoms with E-state index >= 15 is 0 Å². The second-order valence-electron chi connectivity index (χ2n) is 5.04. The maximum atomic E-state index is 13.5. The summed E-state index contributed by atoms with van der Waals surface area (Å²) < 4.78 is 18.7. The van der Waals surface area contributed by atoms with E-state index in [1.807, 2.05) is 12.1 Å². The minimum atomic E-state index is -0.439. The third-order valence-corrected chi connectivity index (χ3v) is 3.79. The second kappa shape index (κ2) is 5.66. The molecule has 1 aliphatic heterocycles. The van der Waals surface area contributed by atoms with Gasteiger partial charge in [-0.15, -0.1) is 0 Å². The lowest BCUT2D eigenvalue weighted by Gasteiger charge is -2.20. The van der Waals surface area contributed by atoms with E-state index in [0.29, 0.717) is 11.3 Å². The zero-order valence-corrected chi connectivity index (χ0v) is 11.8. The van der Waals surface area contributed by atoms with Crippen molar-refractivity contribution in [3.8, 4) is 5.75 Å². The maximum Gasteiger partial charge on any atom is 0.197 e. The summed E-state index contributed by atoms with van der Waals surface area (Å²) in [6, 6.07) is 9.70. The Morgan fingerprint density at radius 1 is 1.24 bits per heavy atom. The fourth-order valence-corrected chi connectivity index (χ4v) is 2.75. The van der Waals surface area contributed by atoms with Gasteiger partial charge in [-0.25, -0.2) is 4.39 Å². The number of hydrogen-bond donors (Lipinski definition) is 1. The summed E-state index contributed by atoms with van der Waals surface area (Å²) in [6.45, 7) is 1.61. The van der Waals surface area contributed by atoms with Gasteiger partial charge in [-0.1, -0.05) is 18.2 Å². The monoisotopic (exact) mass is 285 g/mol. The van der Waals surface area contributed by atoms with Crippen LogP contribution in [-0.4, -0.2) is 19.4 Å². The van der Waals surface area contributed by atoms with Crippen LogP contribution in [0.4, 0.5) is 4.39 Å². The van der Waals surface area contributed by atoms with Crippen LogP contribution in [0.2, 0.25) is 0 Å². The number of ketones is 1. The lowest BCUT2D eigenvalue weighted by Crippen LogP contribution is -2.25. The Morgan fingerprint density at radius 2 is 2.10 bits per heavy atom. The van der Waals surface area contributed by atoms with Gasteiger partial charge in [-0.2, -0.15) is 0 Å². The molecule has 3 rings (SSSR count). The molecule has 1 heterocycles. The Labute approximate surface area is 122 Å². The minimum absolute atomic E-state index is 0.190. The molecular weight excluding hydrogens is 269 g/mol. The molecule has 2 aromatic rings. The SMILES string of the molecule is COc1ccc(F)cc1C(=O)c1cccc2c1CCNC2. The van der Waals surface area contributed by atoms with Crippen molar-refractivity contribution in [3.63, 3.8) is 0 Å². The maximum absolute atomic E-state index is 13.5. The number of nitrogens with one attached hydrogen (secondary N) is 1. The predicted octanol–water partition coefficient (Wildman–Crippen LogP) is 2.71. The van der Waals surface area contributed by atoms with Gasteiger partial charge in [-0.05, 0) is 42.3 Å². The summed E-state index contributed by atoms with van der Waals surface area (Å²) >= 11 is 0. The molecule has 0 fully saturated rings. The molecule has 4 heteroatoms. The molecule has 0 aliphatic carbocycles. The van der Waals surface area contributed by atoms with Crippen molar-refractivity contribution in [2.75, 3.05) is 13.7 Å². The minimum Gasteiger partial charge on any atom is -0.496 e. The number of hydrogen-bond acceptors (Lipinski definition) is 3. The molecule has 0 atom stereocenters. The number of ether oxygens (including phenoxy) is 1. The van der Waals surface area contributed by atoms with E-state index in [1.165, 1.54) is 25.3 Å². The van der Waals surface area contributed by atoms with Gasteiger partial charge in [0.25, 0.3) is 0 Å². The Kier molecular flexibility index (Phi) is 3.71. The van der Waals surface area contributed by atoms with Crippen molar-refractivity contribution in [3.05, 3.63) is 64.5 Å². The molecule has 0 amide bonds. The van der Waals surface area contributed by atoms with Gasteiger partial charge in [0.05, 0.1) is 12.7 Å². The quantitative estimate of drug-likeness (QED) is 0.881. The molecule has 3 nitrogen and oxygen atoms in total. The van der Waals surface area contributed by atoms with Gasteiger partial charge in [0.1, 0.15) is 11.6 Å². The van der Waals surface area contributed by atoms with Crippen LogP contribution < -0.4 is 10.1 Å². The van der Waals surface area contributed by atoms with Gasteiger partial charge >= 0.3 is 0 Å². The van der Waals surface area contributed by atoms with Crippen LogP contribution in [0.5, 0.6) is 5.75 Å². The van der Waals surface area contributed by atoms with E-state index in [9.17, 15) is 9.18 Å². The summed E-state index contributed by atoms with van der Waals surface area (Å²) in [5.74, 6) is -0.233. The largest absolute Gasteiger partial charge is 0.496 e. The first-order valence-corrected chi connectivity index (χ1v) is 6.90. The summed E-state index contributed by atoms with van der Waals surface area (Å²) in [7, 11) is 1.48. The second-order valence-corrected chi connectivity index (χ2v) is 5.04. The lowest BCUT2D eigenvalue weighted by molar-refractivity contribution is 0.103. The van der Waals surface area contributed by atoms with E-state index < -0.39 is 5.82 Å². The molecule has 108 valence electrons. The third kappa shape index (κ3) is 2.54. The number of fused-ring (bicyclic) bond motifs is 1. The lowest BCUT2D eigenvalue weighted by atomic mass is 9.91. The molecular formula is C17H16FNO2. The van der Waals surface area contributed by atoms with Crippen LogP contribution in [0.15, 0.2) is 36.4 Å². The number of methoxy groups -OCH3 is 1. The first kappa shape index (κ1) is 13.8. The molecule has 0 radical (unpaired) electrons. The topological polar surface area (TPSA) is 38.3 Å². The normalized spacial score (nSPS) is 13.6. The van der Waals surface area contributed by atoms with Crippen LogP contribution in [0.25, 0.3) is 0 Å². The summed E-state index contributed by atoms with van der Waals surface area (Å²) in [4.78, 5) is 12.8. The molecule has 0 saturated heterocycles. The number of carbonyl (C=O) groups is 1. The van der Waals surface area contributed by atoms with E-state index in [-0.39, 0.29) is 11.3 Å². The van der Waals surface area contributed by atoms with Crippen LogP contribution in [0.1, 0.15) is 27.0 Å².